The van der Waals surface area contributed by atoms with Crippen LogP contribution in [0, 0.1) is 0 Å². The lowest BCUT2D eigenvalue weighted by atomic mass is 10.1. The summed E-state index contributed by atoms with van der Waals surface area (Å²) >= 11 is 3.51. The fourth-order valence-corrected chi connectivity index (χ4v) is 2.60. The van der Waals surface area contributed by atoms with Crippen molar-refractivity contribution in [2.45, 2.75) is 12.7 Å². The highest BCUT2D eigenvalue weighted by Crippen LogP contribution is 2.29. The van der Waals surface area contributed by atoms with E-state index >= 15 is 0 Å². The molecular weight excluding hydrogens is 332 g/mol. The Kier molecular flexibility index (Phi) is 6.08. The van der Waals surface area contributed by atoms with Crippen LogP contribution in [0.3, 0.4) is 0 Å². The molecule has 0 heterocycles. The fourth-order valence-electron chi connectivity index (χ4n) is 2.07. The molecule has 0 saturated heterocycles. The highest BCUT2D eigenvalue weighted by atomic mass is 79.9. The highest BCUT2D eigenvalue weighted by molar-refractivity contribution is 9.09. The lowest BCUT2D eigenvalue weighted by molar-refractivity contribution is 0.0549. The molecule has 2 aromatic rings. The van der Waals surface area contributed by atoms with Gasteiger partial charge in [0.1, 0.15) is 11.5 Å². The third-order valence-corrected chi connectivity index (χ3v) is 3.82. The zero-order chi connectivity index (χ0) is 15.1. The molecule has 4 heteroatoms. The van der Waals surface area contributed by atoms with Gasteiger partial charge < -0.3 is 14.2 Å². The summed E-state index contributed by atoms with van der Waals surface area (Å²) in [7, 11) is 3.33. The van der Waals surface area contributed by atoms with Crippen molar-refractivity contribution in [3.63, 3.8) is 0 Å². The second kappa shape index (κ2) is 8.05. The first-order chi connectivity index (χ1) is 10.3. The molecule has 0 amide bonds. The number of rotatable bonds is 7. The standard InChI is InChI=1S/C17H19BrO3/c1-19-14-9-7-13(8-10-14)12-21-17(11-18)15-5-3-4-6-16(15)20-2/h3-10,17H,11-12H2,1-2H3. The van der Waals surface area contributed by atoms with Gasteiger partial charge in [-0.2, -0.15) is 0 Å². The second-order valence-corrected chi connectivity index (χ2v) is 5.19. The van der Waals surface area contributed by atoms with E-state index in [9.17, 15) is 0 Å². The molecule has 0 aliphatic heterocycles. The number of alkyl halides is 1. The van der Waals surface area contributed by atoms with Crippen molar-refractivity contribution < 1.29 is 14.2 Å². The molecule has 112 valence electrons. The van der Waals surface area contributed by atoms with Crippen molar-refractivity contribution in [2.75, 3.05) is 19.5 Å². The number of hydrogen-bond acceptors (Lipinski definition) is 3. The minimum absolute atomic E-state index is 0.0525. The molecule has 0 fully saturated rings. The lowest BCUT2D eigenvalue weighted by Crippen LogP contribution is -2.07. The normalized spacial score (nSPS) is 12.0. The molecule has 0 spiro atoms. The molecule has 21 heavy (non-hydrogen) atoms. The van der Waals surface area contributed by atoms with Gasteiger partial charge in [0.15, 0.2) is 0 Å². The largest absolute Gasteiger partial charge is 0.497 e. The number of hydrogen-bond donors (Lipinski definition) is 0. The Morgan fingerprint density at radius 1 is 0.952 bits per heavy atom. The van der Waals surface area contributed by atoms with E-state index in [1.807, 2.05) is 48.5 Å². The van der Waals surface area contributed by atoms with E-state index in [0.717, 1.165) is 22.6 Å². The summed E-state index contributed by atoms with van der Waals surface area (Å²) in [4.78, 5) is 0. The average Bonchev–Trinajstić information content (AvgIpc) is 2.56. The highest BCUT2D eigenvalue weighted by Gasteiger charge is 2.15. The van der Waals surface area contributed by atoms with Crippen LogP contribution in [-0.4, -0.2) is 19.5 Å². The Bertz CT molecular complexity index is 554. The van der Waals surface area contributed by atoms with E-state index in [1.165, 1.54) is 0 Å². The molecule has 0 aliphatic carbocycles. The zero-order valence-electron chi connectivity index (χ0n) is 12.2. The zero-order valence-corrected chi connectivity index (χ0v) is 13.8. The summed E-state index contributed by atoms with van der Waals surface area (Å²) in [5, 5.41) is 0.712. The molecule has 0 N–H and O–H groups in total. The van der Waals surface area contributed by atoms with Crippen molar-refractivity contribution >= 4 is 15.9 Å². The first-order valence-corrected chi connectivity index (χ1v) is 7.84. The molecule has 1 unspecified atom stereocenters. The van der Waals surface area contributed by atoms with Crippen molar-refractivity contribution in [1.29, 1.82) is 0 Å². The van der Waals surface area contributed by atoms with Gasteiger partial charge in [0.05, 0.1) is 26.9 Å². The average molecular weight is 351 g/mol. The number of halogens is 1. The second-order valence-electron chi connectivity index (χ2n) is 4.54. The van der Waals surface area contributed by atoms with Crippen LogP contribution in [0.25, 0.3) is 0 Å². The SMILES string of the molecule is COc1ccc(COC(CBr)c2ccccc2OC)cc1. The Balaban J connectivity index is 2.05. The Hall–Kier alpha value is -1.52. The van der Waals surface area contributed by atoms with Gasteiger partial charge in [0.25, 0.3) is 0 Å². The molecular formula is C17H19BrO3. The van der Waals surface area contributed by atoms with Gasteiger partial charge in [-0.1, -0.05) is 46.3 Å². The lowest BCUT2D eigenvalue weighted by Gasteiger charge is -2.18. The molecule has 0 radical (unpaired) electrons. The van der Waals surface area contributed by atoms with Gasteiger partial charge >= 0.3 is 0 Å². The van der Waals surface area contributed by atoms with Gasteiger partial charge in [-0.25, -0.2) is 0 Å². The predicted molar refractivity (Wildman–Crippen MR) is 87.3 cm³/mol. The number of methoxy groups -OCH3 is 2. The third-order valence-electron chi connectivity index (χ3n) is 3.24. The summed E-state index contributed by atoms with van der Waals surface area (Å²) in [5.74, 6) is 1.69. The Morgan fingerprint density at radius 2 is 1.67 bits per heavy atom. The Morgan fingerprint density at radius 3 is 2.29 bits per heavy atom. The predicted octanol–water partition coefficient (Wildman–Crippen LogP) is 4.36. The number of para-hydroxylation sites is 1. The van der Waals surface area contributed by atoms with E-state index in [2.05, 4.69) is 15.9 Å². The molecule has 2 aromatic carbocycles. The van der Waals surface area contributed by atoms with Gasteiger partial charge in [-0.3, -0.25) is 0 Å². The van der Waals surface area contributed by atoms with E-state index < -0.39 is 0 Å². The van der Waals surface area contributed by atoms with Crippen LogP contribution in [0.15, 0.2) is 48.5 Å². The van der Waals surface area contributed by atoms with E-state index in [0.29, 0.717) is 11.9 Å². The maximum Gasteiger partial charge on any atom is 0.124 e. The maximum absolute atomic E-state index is 6.01. The number of ether oxygens (including phenoxy) is 3. The summed E-state index contributed by atoms with van der Waals surface area (Å²) in [6.07, 6.45) is -0.0525. The van der Waals surface area contributed by atoms with Gasteiger partial charge in [-0.05, 0) is 23.8 Å². The van der Waals surface area contributed by atoms with Crippen LogP contribution < -0.4 is 9.47 Å². The molecule has 3 nitrogen and oxygen atoms in total. The summed E-state index contributed by atoms with van der Waals surface area (Å²) < 4.78 is 16.6. The molecule has 0 aliphatic rings. The van der Waals surface area contributed by atoms with Crippen LogP contribution in [0.4, 0.5) is 0 Å². The first-order valence-electron chi connectivity index (χ1n) is 6.72. The summed E-state index contributed by atoms with van der Waals surface area (Å²) in [6, 6.07) is 15.8. The van der Waals surface area contributed by atoms with Crippen LogP contribution in [0.1, 0.15) is 17.2 Å². The molecule has 0 bridgehead atoms. The number of benzene rings is 2. The topological polar surface area (TPSA) is 27.7 Å². The monoisotopic (exact) mass is 350 g/mol. The third kappa shape index (κ3) is 4.22. The van der Waals surface area contributed by atoms with Crippen LogP contribution in [0.2, 0.25) is 0 Å². The molecule has 1 atom stereocenters. The van der Waals surface area contributed by atoms with E-state index in [4.69, 9.17) is 14.2 Å². The van der Waals surface area contributed by atoms with E-state index in [-0.39, 0.29) is 6.10 Å². The Labute approximate surface area is 134 Å². The quantitative estimate of drug-likeness (QED) is 0.694. The van der Waals surface area contributed by atoms with Crippen LogP contribution >= 0.6 is 15.9 Å². The first kappa shape index (κ1) is 15.9. The minimum Gasteiger partial charge on any atom is -0.497 e. The maximum atomic E-state index is 6.01. The van der Waals surface area contributed by atoms with Gasteiger partial charge in [-0.15, -0.1) is 0 Å². The van der Waals surface area contributed by atoms with E-state index in [1.54, 1.807) is 14.2 Å². The summed E-state index contributed by atoms with van der Waals surface area (Å²) in [5.41, 5.74) is 2.15. The summed E-state index contributed by atoms with van der Waals surface area (Å²) in [6.45, 7) is 0.540. The van der Waals surface area contributed by atoms with Gasteiger partial charge in [0, 0.05) is 10.9 Å². The molecule has 0 aromatic heterocycles. The van der Waals surface area contributed by atoms with Gasteiger partial charge in [0.2, 0.25) is 0 Å². The van der Waals surface area contributed by atoms with Crippen molar-refractivity contribution in [1.82, 2.24) is 0 Å². The van der Waals surface area contributed by atoms with Crippen LogP contribution in [-0.2, 0) is 11.3 Å². The van der Waals surface area contributed by atoms with Crippen molar-refractivity contribution in [2.24, 2.45) is 0 Å². The molecule has 0 saturated carbocycles. The minimum atomic E-state index is -0.0525. The van der Waals surface area contributed by atoms with Crippen molar-refractivity contribution in [3.8, 4) is 11.5 Å². The van der Waals surface area contributed by atoms with Crippen LogP contribution in [0.5, 0.6) is 11.5 Å². The smallest absolute Gasteiger partial charge is 0.124 e. The van der Waals surface area contributed by atoms with Crippen molar-refractivity contribution in [3.05, 3.63) is 59.7 Å². The molecule has 2 rings (SSSR count). The fraction of sp³-hybridized carbons (Fsp3) is 0.294.